The van der Waals surface area contributed by atoms with E-state index in [1.54, 1.807) is 5.38 Å². The number of nitrogens with zero attached hydrogens (tertiary/aromatic N) is 4. The minimum absolute atomic E-state index is 0.0968. The molecule has 0 aliphatic carbocycles. The second kappa shape index (κ2) is 6.44. The normalized spacial score (nSPS) is 12.0. The molecule has 22 heavy (non-hydrogen) atoms. The molecule has 0 fully saturated rings. The lowest BCUT2D eigenvalue weighted by molar-refractivity contribution is 0.0945. The van der Waals surface area contributed by atoms with Crippen molar-refractivity contribution >= 4 is 17.4 Å². The first-order chi connectivity index (χ1) is 10.7. The molecular formula is C14H13N5O2S. The molecule has 3 aromatic rings. The molecular weight excluding hydrogens is 302 g/mol. The molecule has 3 rings (SSSR count). The van der Waals surface area contributed by atoms with Crippen LogP contribution in [0.15, 0.2) is 40.2 Å². The van der Waals surface area contributed by atoms with E-state index in [1.165, 1.54) is 0 Å². The maximum absolute atomic E-state index is 11.8. The monoisotopic (exact) mass is 315 g/mol. The summed E-state index contributed by atoms with van der Waals surface area (Å²) in [5.74, 6) is 0.664. The predicted octanol–water partition coefficient (Wildman–Crippen LogP) is 2.12. The lowest BCUT2D eigenvalue weighted by Gasteiger charge is -2.06. The minimum atomic E-state index is -0.261. The van der Waals surface area contributed by atoms with Gasteiger partial charge in [-0.05, 0) is 11.5 Å². The van der Waals surface area contributed by atoms with Crippen LogP contribution in [0.3, 0.4) is 0 Å². The van der Waals surface area contributed by atoms with E-state index in [-0.39, 0.29) is 11.8 Å². The third-order valence-electron chi connectivity index (χ3n) is 3.06. The van der Waals surface area contributed by atoms with Gasteiger partial charge in [0.25, 0.3) is 5.91 Å². The summed E-state index contributed by atoms with van der Waals surface area (Å²) < 4.78 is 8.92. The van der Waals surface area contributed by atoms with Gasteiger partial charge >= 0.3 is 0 Å². The van der Waals surface area contributed by atoms with Gasteiger partial charge in [0.05, 0.1) is 5.92 Å². The van der Waals surface area contributed by atoms with E-state index in [2.05, 4.69) is 25.0 Å². The van der Waals surface area contributed by atoms with E-state index in [0.29, 0.717) is 24.0 Å². The first-order valence-corrected chi connectivity index (χ1v) is 7.52. The number of carbonyl (C=O) groups is 1. The summed E-state index contributed by atoms with van der Waals surface area (Å²) in [4.78, 5) is 16.2. The smallest absolute Gasteiger partial charge is 0.272 e. The molecule has 1 aromatic carbocycles. The number of nitrogens with one attached hydrogen (secondary N) is 1. The van der Waals surface area contributed by atoms with E-state index in [9.17, 15) is 4.79 Å². The fourth-order valence-electron chi connectivity index (χ4n) is 1.83. The van der Waals surface area contributed by atoms with E-state index in [0.717, 1.165) is 17.1 Å². The largest absolute Gasteiger partial charge is 0.350 e. The fraction of sp³-hybridized carbons (Fsp3) is 0.214. The molecule has 2 aromatic heterocycles. The standard InChI is InChI=1S/C14H13N5O2S/c1-9(7-15-13(20)11-8-22-19-17-11)14-16-12(18-21-14)10-5-3-2-4-6-10/h2-6,8-9H,7H2,1H3,(H,15,20)/t9-/m0/s1. The Morgan fingerprint density at radius 2 is 2.18 bits per heavy atom. The summed E-state index contributed by atoms with van der Waals surface area (Å²) in [5.41, 5.74) is 1.20. The molecule has 0 saturated carbocycles. The van der Waals surface area contributed by atoms with Gasteiger partial charge in [-0.15, -0.1) is 5.10 Å². The van der Waals surface area contributed by atoms with Crippen LogP contribution in [0.25, 0.3) is 11.4 Å². The number of hydrogen-bond donors (Lipinski definition) is 1. The highest BCUT2D eigenvalue weighted by Gasteiger charge is 2.17. The minimum Gasteiger partial charge on any atom is -0.350 e. The van der Waals surface area contributed by atoms with Gasteiger partial charge in [-0.25, -0.2) is 0 Å². The highest BCUT2D eigenvalue weighted by molar-refractivity contribution is 7.03. The van der Waals surface area contributed by atoms with Gasteiger partial charge in [-0.2, -0.15) is 4.98 Å². The summed E-state index contributed by atoms with van der Waals surface area (Å²) in [6.45, 7) is 2.29. The van der Waals surface area contributed by atoms with Crippen molar-refractivity contribution in [3.8, 4) is 11.4 Å². The maximum Gasteiger partial charge on any atom is 0.272 e. The molecule has 0 bridgehead atoms. The topological polar surface area (TPSA) is 93.8 Å². The number of hydrogen-bond acceptors (Lipinski definition) is 7. The molecule has 1 atom stereocenters. The molecule has 7 nitrogen and oxygen atoms in total. The van der Waals surface area contributed by atoms with Crippen LogP contribution in [-0.2, 0) is 0 Å². The Kier molecular flexibility index (Phi) is 4.19. The maximum atomic E-state index is 11.8. The van der Waals surface area contributed by atoms with Gasteiger partial charge in [-0.3, -0.25) is 4.79 Å². The van der Waals surface area contributed by atoms with E-state index < -0.39 is 0 Å². The van der Waals surface area contributed by atoms with Crippen molar-refractivity contribution in [3.05, 3.63) is 47.3 Å². The molecule has 0 aliphatic rings. The van der Waals surface area contributed by atoms with Crippen LogP contribution >= 0.6 is 11.5 Å². The SMILES string of the molecule is C[C@@H](CNC(=O)c1csnn1)c1nc(-c2ccccc2)no1. The van der Waals surface area contributed by atoms with Gasteiger partial charge in [-0.1, -0.05) is 46.9 Å². The van der Waals surface area contributed by atoms with Crippen LogP contribution < -0.4 is 5.32 Å². The van der Waals surface area contributed by atoms with Crippen molar-refractivity contribution in [2.45, 2.75) is 12.8 Å². The molecule has 112 valence electrons. The Hall–Kier alpha value is -2.61. The molecule has 8 heteroatoms. The van der Waals surface area contributed by atoms with Gasteiger partial charge in [0.2, 0.25) is 11.7 Å². The number of amides is 1. The third-order valence-corrected chi connectivity index (χ3v) is 3.56. The molecule has 1 N–H and O–H groups in total. The Balaban J connectivity index is 1.62. The second-order valence-corrected chi connectivity index (χ2v) is 5.33. The highest BCUT2D eigenvalue weighted by atomic mass is 32.1. The average molecular weight is 315 g/mol. The average Bonchev–Trinajstić information content (AvgIpc) is 3.24. The summed E-state index contributed by atoms with van der Waals surface area (Å²) in [5, 5.41) is 12.0. The molecule has 0 radical (unpaired) electrons. The Bertz CT molecular complexity index is 742. The molecule has 0 aliphatic heterocycles. The quantitative estimate of drug-likeness (QED) is 0.775. The van der Waals surface area contributed by atoms with Gasteiger partial charge in [0, 0.05) is 17.5 Å². The van der Waals surface area contributed by atoms with Gasteiger partial charge < -0.3 is 9.84 Å². The first-order valence-electron chi connectivity index (χ1n) is 6.68. The van der Waals surface area contributed by atoms with Crippen LogP contribution in [0.1, 0.15) is 29.2 Å². The van der Waals surface area contributed by atoms with Crippen LogP contribution in [0.2, 0.25) is 0 Å². The molecule has 2 heterocycles. The van der Waals surface area contributed by atoms with E-state index in [1.807, 2.05) is 37.3 Å². The highest BCUT2D eigenvalue weighted by Crippen LogP contribution is 2.19. The molecule has 0 unspecified atom stereocenters. The predicted molar refractivity (Wildman–Crippen MR) is 80.4 cm³/mol. The Labute approximate surface area is 130 Å². The zero-order chi connectivity index (χ0) is 15.4. The summed E-state index contributed by atoms with van der Waals surface area (Å²) >= 11 is 1.14. The molecule has 0 spiro atoms. The number of aromatic nitrogens is 4. The summed E-state index contributed by atoms with van der Waals surface area (Å²) in [6, 6.07) is 9.58. The summed E-state index contributed by atoms with van der Waals surface area (Å²) in [7, 11) is 0. The van der Waals surface area contributed by atoms with Crippen molar-refractivity contribution in [2.75, 3.05) is 6.54 Å². The molecule has 0 saturated heterocycles. The van der Waals surface area contributed by atoms with Crippen LogP contribution in [0.4, 0.5) is 0 Å². The number of rotatable bonds is 5. The van der Waals surface area contributed by atoms with Crippen molar-refractivity contribution in [1.29, 1.82) is 0 Å². The molecule has 1 amide bonds. The lowest BCUT2D eigenvalue weighted by atomic mass is 10.1. The van der Waals surface area contributed by atoms with Crippen molar-refractivity contribution in [2.24, 2.45) is 0 Å². The second-order valence-electron chi connectivity index (χ2n) is 4.72. The zero-order valence-electron chi connectivity index (χ0n) is 11.8. The fourth-order valence-corrected chi connectivity index (χ4v) is 2.26. The lowest BCUT2D eigenvalue weighted by Crippen LogP contribution is -2.27. The van der Waals surface area contributed by atoms with Crippen molar-refractivity contribution in [3.63, 3.8) is 0 Å². The summed E-state index contributed by atoms with van der Waals surface area (Å²) in [6.07, 6.45) is 0. The Morgan fingerprint density at radius 1 is 1.36 bits per heavy atom. The first kappa shape index (κ1) is 14.3. The van der Waals surface area contributed by atoms with Crippen LogP contribution in [0.5, 0.6) is 0 Å². The van der Waals surface area contributed by atoms with Crippen LogP contribution in [0, 0.1) is 0 Å². The van der Waals surface area contributed by atoms with Crippen molar-refractivity contribution in [1.82, 2.24) is 25.0 Å². The van der Waals surface area contributed by atoms with E-state index >= 15 is 0 Å². The van der Waals surface area contributed by atoms with E-state index in [4.69, 9.17) is 4.52 Å². The number of carbonyl (C=O) groups excluding carboxylic acids is 1. The number of benzene rings is 1. The van der Waals surface area contributed by atoms with Gasteiger partial charge in [0.1, 0.15) is 0 Å². The zero-order valence-corrected chi connectivity index (χ0v) is 12.6. The van der Waals surface area contributed by atoms with Crippen molar-refractivity contribution < 1.29 is 9.32 Å². The Morgan fingerprint density at radius 3 is 2.91 bits per heavy atom. The van der Waals surface area contributed by atoms with Crippen LogP contribution in [-0.4, -0.2) is 32.2 Å². The third kappa shape index (κ3) is 3.17. The van der Waals surface area contributed by atoms with Gasteiger partial charge in [0.15, 0.2) is 5.69 Å².